The maximum atomic E-state index is 12.8. The summed E-state index contributed by atoms with van der Waals surface area (Å²) in [4.78, 5) is 14.3. The lowest BCUT2D eigenvalue weighted by molar-refractivity contribution is -0.908. The molecule has 6 nitrogen and oxygen atoms in total. The van der Waals surface area contributed by atoms with Crippen molar-refractivity contribution in [2.24, 2.45) is 0 Å². The summed E-state index contributed by atoms with van der Waals surface area (Å²) in [6, 6.07) is 10.1. The van der Waals surface area contributed by atoms with Gasteiger partial charge in [-0.05, 0) is 36.4 Å². The number of ketones is 1. The van der Waals surface area contributed by atoms with Crippen LogP contribution in [0.15, 0.2) is 36.4 Å². The molecule has 3 rings (SSSR count). The molecule has 0 unspecified atom stereocenters. The van der Waals surface area contributed by atoms with Gasteiger partial charge in [-0.15, -0.1) is 0 Å². The first kappa shape index (κ1) is 23.3. The number of morpholine rings is 1. The van der Waals surface area contributed by atoms with Crippen LogP contribution in [0.5, 0.6) is 17.2 Å². The molecule has 0 atom stereocenters. The molecule has 1 fully saturated rings. The highest BCUT2D eigenvalue weighted by Gasteiger charge is 2.20. The predicted molar refractivity (Wildman–Crippen MR) is 106 cm³/mol. The van der Waals surface area contributed by atoms with E-state index in [2.05, 4.69) is 0 Å². The zero-order chi connectivity index (χ0) is 19.9. The Kier molecular flexibility index (Phi) is 9.04. The summed E-state index contributed by atoms with van der Waals surface area (Å²) in [5.74, 6) is 1.30. The molecule has 1 aliphatic rings. The van der Waals surface area contributed by atoms with E-state index in [4.69, 9.17) is 30.5 Å². The van der Waals surface area contributed by atoms with Crippen LogP contribution in [0.3, 0.4) is 0 Å². The minimum Gasteiger partial charge on any atom is -1.00 e. The number of hydrogen-bond donors (Lipinski definition) is 1. The number of carbonyl (C=O) groups excluding carboxylic acids is 1. The molecule has 1 N–H and O–H groups in total. The van der Waals surface area contributed by atoms with Crippen molar-refractivity contribution < 1.29 is 41.0 Å². The molecule has 2 aromatic rings. The number of rotatable bonds is 8. The first-order valence-electron chi connectivity index (χ1n) is 9.22. The van der Waals surface area contributed by atoms with Gasteiger partial charge in [0, 0.05) is 16.1 Å². The van der Waals surface area contributed by atoms with Gasteiger partial charge in [0.05, 0.1) is 27.4 Å². The summed E-state index contributed by atoms with van der Waals surface area (Å²) in [5, 5.41) is 0.581. The van der Waals surface area contributed by atoms with Gasteiger partial charge in [0.15, 0.2) is 17.3 Å². The van der Waals surface area contributed by atoms with E-state index < -0.39 is 0 Å². The fraction of sp³-hybridized carbons (Fsp3) is 0.381. The first-order chi connectivity index (χ1) is 13.6. The van der Waals surface area contributed by atoms with Crippen molar-refractivity contribution in [1.82, 2.24) is 0 Å². The Morgan fingerprint density at radius 3 is 2.17 bits per heavy atom. The van der Waals surface area contributed by atoms with Gasteiger partial charge < -0.3 is 36.3 Å². The van der Waals surface area contributed by atoms with Crippen LogP contribution in [0.25, 0.3) is 0 Å². The van der Waals surface area contributed by atoms with Gasteiger partial charge in [-0.2, -0.15) is 0 Å². The average Bonchev–Trinajstić information content (AvgIpc) is 2.74. The Bertz CT molecular complexity index is 782. The zero-order valence-electron chi connectivity index (χ0n) is 16.5. The third-order valence-electron chi connectivity index (χ3n) is 4.73. The van der Waals surface area contributed by atoms with E-state index in [1.54, 1.807) is 50.6 Å². The van der Waals surface area contributed by atoms with Crippen LogP contribution in [0.4, 0.5) is 0 Å². The Morgan fingerprint density at radius 2 is 1.62 bits per heavy atom. The highest BCUT2D eigenvalue weighted by atomic mass is 35.5. The van der Waals surface area contributed by atoms with Crippen molar-refractivity contribution in [3.05, 3.63) is 52.5 Å². The van der Waals surface area contributed by atoms with Crippen LogP contribution in [0, 0.1) is 0 Å². The number of benzene rings is 2. The largest absolute Gasteiger partial charge is 1.00 e. The molecule has 1 saturated heterocycles. The molecule has 0 radical (unpaired) electrons. The summed E-state index contributed by atoms with van der Waals surface area (Å²) in [6.07, 6.45) is 0. The summed E-state index contributed by atoms with van der Waals surface area (Å²) in [5.41, 5.74) is 1.00. The molecule has 158 valence electrons. The lowest BCUT2D eigenvalue weighted by atomic mass is 10.0. The molecule has 0 amide bonds. The van der Waals surface area contributed by atoms with Crippen molar-refractivity contribution in [2.45, 2.75) is 0 Å². The van der Waals surface area contributed by atoms with Crippen molar-refractivity contribution >= 4 is 17.4 Å². The zero-order valence-corrected chi connectivity index (χ0v) is 18.0. The highest BCUT2D eigenvalue weighted by molar-refractivity contribution is 6.30. The van der Waals surface area contributed by atoms with Gasteiger partial charge >= 0.3 is 0 Å². The molecule has 1 aliphatic heterocycles. The molecule has 1 heterocycles. The topological polar surface area (TPSA) is 58.4 Å². The van der Waals surface area contributed by atoms with Crippen LogP contribution < -0.4 is 31.5 Å². The monoisotopic (exact) mass is 441 g/mol. The van der Waals surface area contributed by atoms with Crippen LogP contribution in [0.2, 0.25) is 5.02 Å². The Labute approximate surface area is 182 Å². The normalized spacial score (nSPS) is 14.0. The number of carbonyl (C=O) groups is 1. The van der Waals surface area contributed by atoms with Crippen molar-refractivity contribution in [3.8, 4) is 17.2 Å². The van der Waals surface area contributed by atoms with E-state index in [9.17, 15) is 4.79 Å². The number of halogens is 2. The van der Waals surface area contributed by atoms with Crippen LogP contribution in [0.1, 0.15) is 15.9 Å². The highest BCUT2D eigenvalue weighted by Crippen LogP contribution is 2.39. The van der Waals surface area contributed by atoms with Gasteiger partial charge in [-0.25, -0.2) is 0 Å². The summed E-state index contributed by atoms with van der Waals surface area (Å²) in [7, 11) is 3.09. The van der Waals surface area contributed by atoms with Gasteiger partial charge in [0.1, 0.15) is 26.2 Å². The Hall–Kier alpha value is -1.99. The fourth-order valence-corrected chi connectivity index (χ4v) is 3.25. The average molecular weight is 442 g/mol. The molecule has 0 saturated carbocycles. The van der Waals surface area contributed by atoms with Crippen LogP contribution in [-0.2, 0) is 4.74 Å². The third kappa shape index (κ3) is 6.00. The summed E-state index contributed by atoms with van der Waals surface area (Å²) in [6.45, 7) is 4.90. The molecule has 0 aromatic heterocycles. The molecule has 8 heteroatoms. The number of nitrogens with one attached hydrogen (secondary N) is 1. The Balaban J connectivity index is 0.00000300. The smallest absolute Gasteiger partial charge is 0.203 e. The molecule has 0 aliphatic carbocycles. The molecule has 0 spiro atoms. The second-order valence-electron chi connectivity index (χ2n) is 6.51. The Morgan fingerprint density at radius 1 is 1.03 bits per heavy atom. The van der Waals surface area contributed by atoms with E-state index in [0.29, 0.717) is 40.0 Å². The van der Waals surface area contributed by atoms with Crippen LogP contribution in [-0.4, -0.2) is 59.5 Å². The number of ether oxygens (including phenoxy) is 4. The van der Waals surface area contributed by atoms with Gasteiger partial charge in [0.25, 0.3) is 0 Å². The second-order valence-corrected chi connectivity index (χ2v) is 6.94. The molecule has 2 aromatic carbocycles. The number of quaternary nitrogens is 1. The minimum absolute atomic E-state index is 0. The van der Waals surface area contributed by atoms with E-state index in [1.807, 2.05) is 0 Å². The first-order valence-corrected chi connectivity index (χ1v) is 9.60. The van der Waals surface area contributed by atoms with E-state index >= 15 is 0 Å². The van der Waals surface area contributed by atoms with Crippen LogP contribution >= 0.6 is 11.6 Å². The summed E-state index contributed by atoms with van der Waals surface area (Å²) >= 11 is 5.91. The lowest BCUT2D eigenvalue weighted by Gasteiger charge is -2.24. The maximum Gasteiger partial charge on any atom is 0.203 e. The third-order valence-corrected chi connectivity index (χ3v) is 4.98. The second kappa shape index (κ2) is 11.3. The van der Waals surface area contributed by atoms with Crippen molar-refractivity contribution in [3.63, 3.8) is 0 Å². The SMILES string of the molecule is COc1cc(C(=O)c2ccc(Cl)cc2)cc(OC)c1OCC[NH+]1CCOCC1.[Cl-]. The predicted octanol–water partition coefficient (Wildman–Crippen LogP) is -1.11. The van der Waals surface area contributed by atoms with Gasteiger partial charge in [-0.1, -0.05) is 11.6 Å². The molecular weight excluding hydrogens is 417 g/mol. The number of methoxy groups -OCH3 is 2. The minimum atomic E-state index is -0.141. The quantitative estimate of drug-likeness (QED) is 0.526. The van der Waals surface area contributed by atoms with E-state index in [0.717, 1.165) is 32.8 Å². The molecule has 29 heavy (non-hydrogen) atoms. The van der Waals surface area contributed by atoms with E-state index in [-0.39, 0.29) is 18.2 Å². The van der Waals surface area contributed by atoms with Gasteiger partial charge in [-0.3, -0.25) is 4.79 Å². The maximum absolute atomic E-state index is 12.8. The van der Waals surface area contributed by atoms with E-state index in [1.165, 1.54) is 4.90 Å². The van der Waals surface area contributed by atoms with Gasteiger partial charge in [0.2, 0.25) is 5.75 Å². The summed E-state index contributed by atoms with van der Waals surface area (Å²) < 4.78 is 22.3. The van der Waals surface area contributed by atoms with Crippen molar-refractivity contribution in [2.75, 3.05) is 53.7 Å². The van der Waals surface area contributed by atoms with Crippen molar-refractivity contribution in [1.29, 1.82) is 0 Å². The standard InChI is InChI=1S/C21H24ClNO5.ClH/c1-25-18-13-16(20(24)15-3-5-17(22)6-4-15)14-19(26-2)21(18)28-12-9-23-7-10-27-11-8-23;/h3-6,13-14H,7-12H2,1-2H3;1H. The lowest BCUT2D eigenvalue weighted by Crippen LogP contribution is -3.14. The fourth-order valence-electron chi connectivity index (χ4n) is 3.13. The molecular formula is C21H25Cl2NO5. The number of hydrogen-bond acceptors (Lipinski definition) is 5. The molecule has 0 bridgehead atoms.